The third kappa shape index (κ3) is 2.91. The van der Waals surface area contributed by atoms with Gasteiger partial charge < -0.3 is 14.6 Å². The second-order valence-corrected chi connectivity index (χ2v) is 4.44. The Bertz CT molecular complexity index is 358. The van der Waals surface area contributed by atoms with Crippen LogP contribution in [0.15, 0.2) is 18.2 Å². The molecule has 0 heterocycles. The molecule has 0 atom stereocenters. The summed E-state index contributed by atoms with van der Waals surface area (Å²) < 4.78 is 11.4. The van der Waals surface area contributed by atoms with Crippen molar-refractivity contribution in [3.05, 3.63) is 23.8 Å². The van der Waals surface area contributed by atoms with Crippen LogP contribution in [0.25, 0.3) is 0 Å². The average molecular weight is 236 g/mol. The first-order valence-corrected chi connectivity index (χ1v) is 6.33. The molecule has 0 aromatic heterocycles. The Labute approximate surface area is 102 Å². The summed E-state index contributed by atoms with van der Waals surface area (Å²) in [6, 6.07) is 5.64. The molecule has 1 fully saturated rings. The Morgan fingerprint density at radius 2 is 2.12 bits per heavy atom. The molecule has 1 aromatic rings. The summed E-state index contributed by atoms with van der Waals surface area (Å²) in [7, 11) is 0. The fraction of sp³-hybridized carbons (Fsp3) is 0.571. The van der Waals surface area contributed by atoms with E-state index in [1.807, 2.05) is 25.1 Å². The van der Waals surface area contributed by atoms with Crippen molar-refractivity contribution < 1.29 is 14.6 Å². The molecule has 1 saturated carbocycles. The van der Waals surface area contributed by atoms with E-state index in [2.05, 4.69) is 0 Å². The quantitative estimate of drug-likeness (QED) is 0.825. The normalized spacial score (nSPS) is 15.4. The lowest BCUT2D eigenvalue weighted by Crippen LogP contribution is -2.20. The number of aliphatic hydroxyl groups excluding tert-OH is 1. The first-order chi connectivity index (χ1) is 8.35. The summed E-state index contributed by atoms with van der Waals surface area (Å²) in [5, 5.41) is 9.31. The Morgan fingerprint density at radius 1 is 1.29 bits per heavy atom. The molecule has 1 aliphatic carbocycles. The molecule has 0 spiro atoms. The third-order valence-electron chi connectivity index (χ3n) is 3.22. The van der Waals surface area contributed by atoms with Crippen molar-refractivity contribution in [2.75, 3.05) is 13.2 Å². The molecule has 1 aliphatic rings. The highest BCUT2D eigenvalue weighted by atomic mass is 16.5. The molecule has 0 aliphatic heterocycles. The van der Waals surface area contributed by atoms with Crippen LogP contribution in [0, 0.1) is 5.92 Å². The molecule has 17 heavy (non-hydrogen) atoms. The Morgan fingerprint density at radius 3 is 2.71 bits per heavy atom. The van der Waals surface area contributed by atoms with Gasteiger partial charge in [-0.1, -0.05) is 18.6 Å². The Kier molecular flexibility index (Phi) is 4.26. The molecule has 0 unspecified atom stereocenters. The monoisotopic (exact) mass is 236 g/mol. The van der Waals surface area contributed by atoms with Crippen molar-refractivity contribution in [2.24, 2.45) is 5.92 Å². The number of ether oxygens (including phenoxy) is 2. The first-order valence-electron chi connectivity index (χ1n) is 6.33. The molecule has 2 rings (SSSR count). The summed E-state index contributed by atoms with van der Waals surface area (Å²) in [6.45, 7) is 3.27. The number of aliphatic hydroxyl groups is 1. The molecular formula is C14H20O3. The lowest BCUT2D eigenvalue weighted by atomic mass is 9.86. The minimum absolute atomic E-state index is 0.0130. The number of benzene rings is 1. The number of hydrogen-bond donors (Lipinski definition) is 1. The highest BCUT2D eigenvalue weighted by molar-refractivity contribution is 5.46. The maximum Gasteiger partial charge on any atom is 0.166 e. The number of para-hydroxylation sites is 1. The van der Waals surface area contributed by atoms with E-state index in [1.54, 1.807) is 0 Å². The zero-order valence-electron chi connectivity index (χ0n) is 10.3. The van der Waals surface area contributed by atoms with E-state index in [0.717, 1.165) is 17.9 Å². The zero-order chi connectivity index (χ0) is 12.1. The molecule has 0 bridgehead atoms. The molecule has 1 aromatic carbocycles. The van der Waals surface area contributed by atoms with Gasteiger partial charge in [0.1, 0.15) is 0 Å². The second-order valence-electron chi connectivity index (χ2n) is 4.44. The van der Waals surface area contributed by atoms with Crippen LogP contribution in [0.1, 0.15) is 31.7 Å². The van der Waals surface area contributed by atoms with Gasteiger partial charge in [0.2, 0.25) is 0 Å². The fourth-order valence-electron chi connectivity index (χ4n) is 1.98. The standard InChI is InChI=1S/C14H20O3/c1-2-16-13-8-4-7-12(9-15)14(13)17-10-11-5-3-6-11/h4,7-8,11,15H,2-3,5-6,9-10H2,1H3. The van der Waals surface area contributed by atoms with Crippen LogP contribution in [0.2, 0.25) is 0 Å². The summed E-state index contributed by atoms with van der Waals surface area (Å²) >= 11 is 0. The van der Waals surface area contributed by atoms with Gasteiger partial charge in [-0.2, -0.15) is 0 Å². The van der Waals surface area contributed by atoms with Gasteiger partial charge in [0.05, 0.1) is 19.8 Å². The Hall–Kier alpha value is -1.22. The molecule has 0 radical (unpaired) electrons. The highest BCUT2D eigenvalue weighted by Crippen LogP contribution is 2.34. The predicted octanol–water partition coefficient (Wildman–Crippen LogP) is 2.76. The predicted molar refractivity (Wildman–Crippen MR) is 66.4 cm³/mol. The van der Waals surface area contributed by atoms with Crippen molar-refractivity contribution in [1.82, 2.24) is 0 Å². The number of rotatable bonds is 6. The van der Waals surface area contributed by atoms with E-state index in [9.17, 15) is 5.11 Å². The lowest BCUT2D eigenvalue weighted by molar-refractivity contribution is 0.169. The van der Waals surface area contributed by atoms with E-state index < -0.39 is 0 Å². The van der Waals surface area contributed by atoms with Crippen LogP contribution >= 0.6 is 0 Å². The molecule has 0 amide bonds. The van der Waals surface area contributed by atoms with Crippen LogP contribution in [0.5, 0.6) is 11.5 Å². The van der Waals surface area contributed by atoms with Gasteiger partial charge in [0.25, 0.3) is 0 Å². The van der Waals surface area contributed by atoms with Gasteiger partial charge in [-0.25, -0.2) is 0 Å². The van der Waals surface area contributed by atoms with E-state index in [4.69, 9.17) is 9.47 Å². The van der Waals surface area contributed by atoms with E-state index in [-0.39, 0.29) is 6.61 Å². The Balaban J connectivity index is 2.08. The van der Waals surface area contributed by atoms with Gasteiger partial charge in [-0.3, -0.25) is 0 Å². The summed E-state index contributed by atoms with van der Waals surface area (Å²) in [4.78, 5) is 0. The van der Waals surface area contributed by atoms with Gasteiger partial charge in [-0.05, 0) is 31.7 Å². The van der Waals surface area contributed by atoms with E-state index >= 15 is 0 Å². The molecule has 3 nitrogen and oxygen atoms in total. The maximum absolute atomic E-state index is 9.31. The fourth-order valence-corrected chi connectivity index (χ4v) is 1.98. The van der Waals surface area contributed by atoms with Crippen molar-refractivity contribution in [1.29, 1.82) is 0 Å². The molecule has 3 heteroatoms. The van der Waals surface area contributed by atoms with Crippen molar-refractivity contribution in [3.63, 3.8) is 0 Å². The highest BCUT2D eigenvalue weighted by Gasteiger charge is 2.19. The molecule has 1 N–H and O–H groups in total. The lowest BCUT2D eigenvalue weighted by Gasteiger charge is -2.26. The van der Waals surface area contributed by atoms with Gasteiger partial charge in [-0.15, -0.1) is 0 Å². The zero-order valence-corrected chi connectivity index (χ0v) is 10.3. The van der Waals surface area contributed by atoms with Gasteiger partial charge in [0, 0.05) is 5.56 Å². The number of hydrogen-bond acceptors (Lipinski definition) is 3. The first kappa shape index (κ1) is 12.2. The summed E-state index contributed by atoms with van der Waals surface area (Å²) in [5.41, 5.74) is 0.801. The maximum atomic E-state index is 9.31. The molecule has 0 saturated heterocycles. The van der Waals surface area contributed by atoms with Crippen LogP contribution < -0.4 is 9.47 Å². The van der Waals surface area contributed by atoms with Crippen LogP contribution in [0.4, 0.5) is 0 Å². The minimum Gasteiger partial charge on any atom is -0.490 e. The topological polar surface area (TPSA) is 38.7 Å². The van der Waals surface area contributed by atoms with E-state index in [0.29, 0.717) is 18.3 Å². The van der Waals surface area contributed by atoms with Crippen molar-refractivity contribution in [2.45, 2.75) is 32.8 Å². The van der Waals surface area contributed by atoms with Gasteiger partial charge >= 0.3 is 0 Å². The van der Waals surface area contributed by atoms with Crippen molar-refractivity contribution in [3.8, 4) is 11.5 Å². The van der Waals surface area contributed by atoms with Crippen LogP contribution in [0.3, 0.4) is 0 Å². The van der Waals surface area contributed by atoms with Crippen molar-refractivity contribution >= 4 is 0 Å². The largest absolute Gasteiger partial charge is 0.490 e. The summed E-state index contributed by atoms with van der Waals surface area (Å²) in [5.74, 6) is 2.12. The average Bonchev–Trinajstić information content (AvgIpc) is 2.29. The minimum atomic E-state index is -0.0130. The summed E-state index contributed by atoms with van der Waals surface area (Å²) in [6.07, 6.45) is 3.82. The van der Waals surface area contributed by atoms with Crippen LogP contribution in [-0.2, 0) is 6.61 Å². The van der Waals surface area contributed by atoms with Crippen LogP contribution in [-0.4, -0.2) is 18.3 Å². The smallest absolute Gasteiger partial charge is 0.166 e. The molecular weight excluding hydrogens is 216 g/mol. The molecule has 94 valence electrons. The second kappa shape index (κ2) is 5.92. The SMILES string of the molecule is CCOc1cccc(CO)c1OCC1CCC1. The van der Waals surface area contributed by atoms with Gasteiger partial charge in [0.15, 0.2) is 11.5 Å². The van der Waals surface area contributed by atoms with E-state index in [1.165, 1.54) is 19.3 Å². The third-order valence-corrected chi connectivity index (χ3v) is 3.22.